The summed E-state index contributed by atoms with van der Waals surface area (Å²) in [5, 5.41) is 66.0. The van der Waals surface area contributed by atoms with Crippen molar-refractivity contribution in [2.24, 2.45) is 0 Å². The minimum absolute atomic E-state index is 0.0314. The van der Waals surface area contributed by atoms with Crippen LogP contribution >= 0.6 is 0 Å². The molecule has 0 fully saturated rings. The van der Waals surface area contributed by atoms with E-state index in [-0.39, 0.29) is 21.8 Å². The number of nitrogens with zero attached hydrogens (tertiary/aromatic N) is 4. The Morgan fingerprint density at radius 1 is 0.554 bits per heavy atom. The molecule has 1 aliphatic rings. The summed E-state index contributed by atoms with van der Waals surface area (Å²) < 4.78 is 8.03. The molecule has 0 amide bonds. The third-order valence-electron chi connectivity index (χ3n) is 10.3. The number of furan rings is 1. The van der Waals surface area contributed by atoms with E-state index >= 15 is 0 Å². The number of fused-ring (bicyclic) bond motifs is 6. The third kappa shape index (κ3) is 5.02. The van der Waals surface area contributed by atoms with Gasteiger partial charge in [0.2, 0.25) is 0 Å². The van der Waals surface area contributed by atoms with Crippen LogP contribution in [0.25, 0.3) is 88.9 Å². The maximum absolute atomic E-state index is 11.1. The minimum atomic E-state index is -0.654. The average molecular weight is 739 g/mol. The van der Waals surface area contributed by atoms with Gasteiger partial charge in [-0.1, -0.05) is 78.9 Å². The molecule has 0 aliphatic heterocycles. The summed E-state index contributed by atoms with van der Waals surface area (Å²) in [7, 11) is 0. The molecule has 272 valence electrons. The summed E-state index contributed by atoms with van der Waals surface area (Å²) in [6.45, 7) is 0. The van der Waals surface area contributed by atoms with Crippen molar-refractivity contribution < 1.29 is 35.1 Å². The van der Waals surface area contributed by atoms with E-state index in [0.29, 0.717) is 39.9 Å². The molecular formula is C45H30N4O7. The Bertz CT molecular complexity index is 3090. The smallest absolute Gasteiger partial charge is 0.168 e. The Morgan fingerprint density at radius 2 is 1.21 bits per heavy atom. The molecule has 6 N–H and O–H groups in total. The van der Waals surface area contributed by atoms with Crippen LogP contribution in [0.5, 0.6) is 34.5 Å². The van der Waals surface area contributed by atoms with Crippen molar-refractivity contribution in [1.29, 1.82) is 0 Å². The quantitative estimate of drug-likeness (QED) is 0.0735. The first-order valence-corrected chi connectivity index (χ1v) is 17.8. The zero-order chi connectivity index (χ0) is 38.2. The fourth-order valence-corrected chi connectivity index (χ4v) is 7.69. The summed E-state index contributed by atoms with van der Waals surface area (Å²) in [5.41, 5.74) is 5.86. The van der Waals surface area contributed by atoms with Gasteiger partial charge >= 0.3 is 0 Å². The highest BCUT2D eigenvalue weighted by atomic mass is 16.3. The van der Waals surface area contributed by atoms with Crippen LogP contribution in [-0.2, 0) is 0 Å². The van der Waals surface area contributed by atoms with Gasteiger partial charge in [-0.15, -0.1) is 0 Å². The number of benzene rings is 6. The predicted octanol–water partition coefficient (Wildman–Crippen LogP) is 9.84. The van der Waals surface area contributed by atoms with E-state index in [1.165, 1.54) is 4.57 Å². The Hall–Kier alpha value is -7.79. The third-order valence-corrected chi connectivity index (χ3v) is 10.3. The summed E-state index contributed by atoms with van der Waals surface area (Å²) >= 11 is 0. The molecule has 10 rings (SSSR count). The molecule has 3 aromatic heterocycles. The van der Waals surface area contributed by atoms with Crippen molar-refractivity contribution in [1.82, 2.24) is 19.5 Å². The first kappa shape index (κ1) is 32.8. The van der Waals surface area contributed by atoms with Crippen LogP contribution < -0.4 is 0 Å². The van der Waals surface area contributed by atoms with Crippen LogP contribution in [0.2, 0.25) is 0 Å². The fraction of sp³-hybridized carbons (Fsp3) is 0.0444. The summed E-state index contributed by atoms with van der Waals surface area (Å²) in [4.78, 5) is 15.0. The molecule has 0 saturated heterocycles. The highest BCUT2D eigenvalue weighted by Crippen LogP contribution is 2.53. The van der Waals surface area contributed by atoms with Crippen molar-refractivity contribution in [3.05, 3.63) is 127 Å². The maximum atomic E-state index is 11.1. The highest BCUT2D eigenvalue weighted by Gasteiger charge is 2.28. The molecule has 9 aromatic rings. The predicted molar refractivity (Wildman–Crippen MR) is 214 cm³/mol. The van der Waals surface area contributed by atoms with Crippen LogP contribution in [0.1, 0.15) is 18.7 Å². The van der Waals surface area contributed by atoms with Crippen molar-refractivity contribution in [2.75, 3.05) is 0 Å². The molecule has 11 heteroatoms. The molecule has 6 aromatic carbocycles. The lowest BCUT2D eigenvalue weighted by Gasteiger charge is -2.12. The van der Waals surface area contributed by atoms with Gasteiger partial charge in [0.05, 0.1) is 22.0 Å². The largest absolute Gasteiger partial charge is 0.506 e. The van der Waals surface area contributed by atoms with Crippen molar-refractivity contribution in [3.8, 4) is 74.1 Å². The lowest BCUT2D eigenvalue weighted by molar-refractivity contribution is 0.400. The molecule has 0 unspecified atom stereocenters. The Morgan fingerprint density at radius 3 is 1.93 bits per heavy atom. The normalized spacial score (nSPS) is 13.0. The molecule has 0 atom stereocenters. The van der Waals surface area contributed by atoms with Gasteiger partial charge in [0.25, 0.3) is 0 Å². The zero-order valence-corrected chi connectivity index (χ0v) is 29.3. The summed E-state index contributed by atoms with van der Waals surface area (Å²) in [5.74, 6) is -1.99. The standard InChI is InChI=1S/C45H30N4O7/c50-31-21-33(52)40(54)36-37-39(32(51)22-34(53)41(37)55)49(38(31)36)27-17-18-28-29-15-8-16-30(42(29)56-35(28)20-27)45-47-43(24-11-5-2-6-12-24)46-44(48-45)26-14-7-13-25(19-26)23-9-3-1-4-10-23/h1-5,7-11,13-22,50-55H,6,12H2. The van der Waals surface area contributed by atoms with E-state index in [4.69, 9.17) is 19.4 Å². The van der Waals surface area contributed by atoms with Crippen molar-refractivity contribution >= 4 is 49.3 Å². The first-order valence-electron chi connectivity index (χ1n) is 17.8. The average Bonchev–Trinajstić information content (AvgIpc) is 3.80. The van der Waals surface area contributed by atoms with Gasteiger partial charge in [0.1, 0.15) is 33.7 Å². The minimum Gasteiger partial charge on any atom is -0.506 e. The molecule has 0 saturated carbocycles. The first-order chi connectivity index (χ1) is 27.2. The molecule has 0 spiro atoms. The van der Waals surface area contributed by atoms with Gasteiger partial charge in [-0.3, -0.25) is 0 Å². The molecule has 1 aliphatic carbocycles. The summed E-state index contributed by atoms with van der Waals surface area (Å²) in [6, 6.07) is 31.2. The van der Waals surface area contributed by atoms with Gasteiger partial charge < -0.3 is 39.6 Å². The fourth-order valence-electron chi connectivity index (χ4n) is 7.69. The van der Waals surface area contributed by atoms with Crippen LogP contribution in [0.15, 0.2) is 126 Å². The molecule has 0 bridgehead atoms. The second-order valence-corrected chi connectivity index (χ2v) is 13.7. The Labute approximate surface area is 317 Å². The molecule has 11 nitrogen and oxygen atoms in total. The van der Waals surface area contributed by atoms with Crippen LogP contribution in [0.4, 0.5) is 0 Å². The number of allylic oxidation sites excluding steroid dienone is 4. The van der Waals surface area contributed by atoms with Crippen LogP contribution in [-0.4, -0.2) is 50.2 Å². The Balaban J connectivity index is 1.18. The van der Waals surface area contributed by atoms with Gasteiger partial charge in [-0.05, 0) is 53.8 Å². The monoisotopic (exact) mass is 738 g/mol. The maximum Gasteiger partial charge on any atom is 0.168 e. The van der Waals surface area contributed by atoms with Gasteiger partial charge in [0, 0.05) is 34.5 Å². The zero-order valence-electron chi connectivity index (χ0n) is 29.3. The van der Waals surface area contributed by atoms with E-state index in [1.807, 2.05) is 66.7 Å². The Kier molecular flexibility index (Phi) is 7.26. The second-order valence-electron chi connectivity index (χ2n) is 13.7. The lowest BCUT2D eigenvalue weighted by Crippen LogP contribution is -2.04. The number of hydrogen-bond donors (Lipinski definition) is 6. The van der Waals surface area contributed by atoms with Gasteiger partial charge in [-0.25, -0.2) is 15.0 Å². The number of phenols is 6. The SMILES string of the molecule is Oc1cc(O)c2c(c1O)c1c(O)c(O)cc(O)c1n2-c1ccc2c(c1)oc1c(-c3nc(C4=CC=CCC4)nc(-c4cccc(-c5ccccc5)c4)n3)cccc12. The molecule has 56 heavy (non-hydrogen) atoms. The molecule has 3 heterocycles. The van der Waals surface area contributed by atoms with Crippen molar-refractivity contribution in [2.45, 2.75) is 12.8 Å². The van der Waals surface area contributed by atoms with E-state index in [9.17, 15) is 30.6 Å². The van der Waals surface area contributed by atoms with E-state index in [2.05, 4.69) is 30.3 Å². The van der Waals surface area contributed by atoms with E-state index in [1.54, 1.807) is 12.1 Å². The van der Waals surface area contributed by atoms with Crippen LogP contribution in [0, 0.1) is 0 Å². The van der Waals surface area contributed by atoms with E-state index < -0.39 is 34.5 Å². The number of aromatic hydroxyl groups is 6. The number of aromatic nitrogens is 4. The van der Waals surface area contributed by atoms with Gasteiger partial charge in [-0.2, -0.15) is 0 Å². The number of phenolic OH excluding ortho intramolecular Hbond substituents is 6. The second kappa shape index (κ2) is 12.4. The molecular weight excluding hydrogens is 709 g/mol. The number of para-hydroxylation sites is 1. The number of rotatable bonds is 5. The highest BCUT2D eigenvalue weighted by molar-refractivity contribution is 6.19. The van der Waals surface area contributed by atoms with Crippen LogP contribution in [0.3, 0.4) is 0 Å². The number of hydrogen-bond acceptors (Lipinski definition) is 10. The lowest BCUT2D eigenvalue weighted by atomic mass is 10.0. The summed E-state index contributed by atoms with van der Waals surface area (Å²) in [6.07, 6.45) is 7.81. The molecule has 0 radical (unpaired) electrons. The van der Waals surface area contributed by atoms with Crippen molar-refractivity contribution in [3.63, 3.8) is 0 Å². The van der Waals surface area contributed by atoms with E-state index in [0.717, 1.165) is 58.0 Å². The van der Waals surface area contributed by atoms with Gasteiger partial charge in [0.15, 0.2) is 40.5 Å². The topological polar surface area (TPSA) is 178 Å².